The lowest BCUT2D eigenvalue weighted by Crippen LogP contribution is -2.58. The fraction of sp³-hybridized carbons (Fsp3) is 0.480. The van der Waals surface area contributed by atoms with Crippen LogP contribution in [0.5, 0.6) is 0 Å². The zero-order valence-electron chi connectivity index (χ0n) is 18.2. The number of carbonyl (C=O) groups excluding carboxylic acids is 1. The lowest BCUT2D eigenvalue weighted by molar-refractivity contribution is -0.125. The second kappa shape index (κ2) is 9.53. The van der Waals surface area contributed by atoms with Crippen molar-refractivity contribution in [3.63, 3.8) is 0 Å². The van der Waals surface area contributed by atoms with E-state index < -0.39 is 10.0 Å². The van der Waals surface area contributed by atoms with Gasteiger partial charge in [0.05, 0.1) is 11.7 Å². The Morgan fingerprint density at radius 3 is 2.42 bits per heavy atom. The molecule has 0 unspecified atom stereocenters. The van der Waals surface area contributed by atoms with Gasteiger partial charge in [-0.05, 0) is 61.3 Å². The third-order valence-corrected chi connectivity index (χ3v) is 8.59. The molecule has 0 spiro atoms. The van der Waals surface area contributed by atoms with Crippen molar-refractivity contribution in [2.24, 2.45) is 11.8 Å². The third kappa shape index (κ3) is 5.18. The first-order valence-corrected chi connectivity index (χ1v) is 13.0. The summed E-state index contributed by atoms with van der Waals surface area (Å²) in [6.07, 6.45) is 4.95. The van der Waals surface area contributed by atoms with Crippen LogP contribution in [0.3, 0.4) is 0 Å². The van der Waals surface area contributed by atoms with Crippen LogP contribution in [0.4, 0.5) is 5.69 Å². The highest BCUT2D eigenvalue weighted by atomic mass is 32.2. The summed E-state index contributed by atoms with van der Waals surface area (Å²) in [7, 11) is -3.30. The zero-order valence-corrected chi connectivity index (χ0v) is 19.0. The summed E-state index contributed by atoms with van der Waals surface area (Å²) in [6, 6.07) is 18.0. The molecule has 5 rings (SSSR count). The molecular formula is C25H32N2O3S. The standard InChI is InChI=1S/C25H32N2O3S/c1-2-3-15-31(29,30)27-18-21-11-14-24(27)23(17-21)25(28)26-22-12-9-20(10-13-22)16-19-7-5-4-6-8-19/h4-10,12-13,21,23-24H,2-3,11,14-18H2,1H3,(H,26,28)/t21-,23+,24-/m0/s1. The minimum Gasteiger partial charge on any atom is -0.326 e. The van der Waals surface area contributed by atoms with Crippen LogP contribution in [0.15, 0.2) is 54.6 Å². The van der Waals surface area contributed by atoms with Gasteiger partial charge in [-0.25, -0.2) is 8.42 Å². The average Bonchev–Trinajstić information content (AvgIpc) is 2.80. The van der Waals surface area contributed by atoms with Crippen LogP contribution in [0.2, 0.25) is 0 Å². The summed E-state index contributed by atoms with van der Waals surface area (Å²) in [5.74, 6) is 0.142. The van der Waals surface area contributed by atoms with Crippen molar-refractivity contribution in [3.05, 3.63) is 65.7 Å². The van der Waals surface area contributed by atoms with Crippen molar-refractivity contribution >= 4 is 21.6 Å². The van der Waals surface area contributed by atoms with Crippen molar-refractivity contribution in [2.45, 2.75) is 51.5 Å². The van der Waals surface area contributed by atoms with Gasteiger partial charge >= 0.3 is 0 Å². The summed E-state index contributed by atoms with van der Waals surface area (Å²) in [4.78, 5) is 13.1. The number of nitrogens with one attached hydrogen (secondary N) is 1. The van der Waals surface area contributed by atoms with E-state index in [0.29, 0.717) is 13.0 Å². The highest BCUT2D eigenvalue weighted by Crippen LogP contribution is 2.41. The first kappa shape index (κ1) is 22.0. The summed E-state index contributed by atoms with van der Waals surface area (Å²) in [6.45, 7) is 2.58. The Bertz CT molecular complexity index is 989. The van der Waals surface area contributed by atoms with Crippen LogP contribution in [-0.4, -0.2) is 37.0 Å². The minimum atomic E-state index is -3.30. The molecule has 1 saturated carbocycles. The van der Waals surface area contributed by atoms with E-state index in [1.807, 2.05) is 49.4 Å². The van der Waals surface area contributed by atoms with Gasteiger partial charge < -0.3 is 5.32 Å². The fourth-order valence-corrected chi connectivity index (χ4v) is 6.95. The van der Waals surface area contributed by atoms with E-state index >= 15 is 0 Å². The molecule has 0 aromatic heterocycles. The molecule has 2 heterocycles. The third-order valence-electron chi connectivity index (χ3n) is 6.65. The van der Waals surface area contributed by atoms with Crippen molar-refractivity contribution in [1.82, 2.24) is 4.31 Å². The van der Waals surface area contributed by atoms with Crippen LogP contribution in [-0.2, 0) is 21.2 Å². The highest BCUT2D eigenvalue weighted by Gasteiger charge is 2.47. The smallest absolute Gasteiger partial charge is 0.229 e. The molecule has 5 nitrogen and oxygen atoms in total. The Hall–Kier alpha value is -2.18. The molecule has 31 heavy (non-hydrogen) atoms. The maximum absolute atomic E-state index is 13.1. The van der Waals surface area contributed by atoms with E-state index in [2.05, 4.69) is 17.4 Å². The molecule has 2 saturated heterocycles. The lowest BCUT2D eigenvalue weighted by Gasteiger charge is -2.48. The van der Waals surface area contributed by atoms with Gasteiger partial charge in [0.1, 0.15) is 0 Å². The summed E-state index contributed by atoms with van der Waals surface area (Å²) < 4.78 is 27.3. The van der Waals surface area contributed by atoms with Crippen molar-refractivity contribution in [3.8, 4) is 0 Å². The zero-order chi connectivity index (χ0) is 21.8. The lowest BCUT2D eigenvalue weighted by atomic mass is 9.73. The van der Waals surface area contributed by atoms with E-state index in [1.165, 1.54) is 11.1 Å². The van der Waals surface area contributed by atoms with Crippen LogP contribution in [0.1, 0.15) is 50.2 Å². The maximum Gasteiger partial charge on any atom is 0.229 e. The second-order valence-corrected chi connectivity index (χ2v) is 11.0. The monoisotopic (exact) mass is 440 g/mol. The second-order valence-electron chi connectivity index (χ2n) is 8.94. The summed E-state index contributed by atoms with van der Waals surface area (Å²) in [5.41, 5.74) is 3.21. The summed E-state index contributed by atoms with van der Waals surface area (Å²) >= 11 is 0. The number of benzene rings is 2. The molecule has 3 atom stereocenters. The highest BCUT2D eigenvalue weighted by molar-refractivity contribution is 7.89. The predicted molar refractivity (Wildman–Crippen MR) is 124 cm³/mol. The Morgan fingerprint density at radius 1 is 1.03 bits per heavy atom. The molecule has 6 heteroatoms. The van der Waals surface area contributed by atoms with Crippen LogP contribution in [0, 0.1) is 11.8 Å². The molecule has 3 aliphatic rings. The quantitative estimate of drug-likeness (QED) is 0.660. The topological polar surface area (TPSA) is 66.5 Å². The number of fused-ring (bicyclic) bond motifs is 3. The Balaban J connectivity index is 1.41. The maximum atomic E-state index is 13.1. The van der Waals surface area contributed by atoms with E-state index in [1.54, 1.807) is 4.31 Å². The minimum absolute atomic E-state index is 0.0547. The van der Waals surface area contributed by atoms with E-state index in [0.717, 1.165) is 37.8 Å². The van der Waals surface area contributed by atoms with Gasteiger partial charge in [-0.1, -0.05) is 55.8 Å². The molecule has 3 fully saturated rings. The molecule has 2 aromatic carbocycles. The first-order chi connectivity index (χ1) is 15.0. The average molecular weight is 441 g/mol. The van der Waals surface area contributed by atoms with E-state index in [9.17, 15) is 13.2 Å². The molecule has 1 amide bonds. The van der Waals surface area contributed by atoms with Gasteiger partial charge in [0.15, 0.2) is 0 Å². The number of nitrogens with zero attached hydrogens (tertiary/aromatic N) is 1. The molecule has 166 valence electrons. The number of piperidine rings is 2. The molecule has 0 radical (unpaired) electrons. The number of unbranched alkanes of at least 4 members (excludes halogenated alkanes) is 1. The number of hydrogen-bond acceptors (Lipinski definition) is 3. The number of amides is 1. The molecule has 2 aliphatic heterocycles. The van der Waals surface area contributed by atoms with E-state index in [4.69, 9.17) is 0 Å². The molecule has 2 aromatic rings. The van der Waals surface area contributed by atoms with Crippen LogP contribution in [0.25, 0.3) is 0 Å². The van der Waals surface area contributed by atoms with Gasteiger partial charge in [0.2, 0.25) is 15.9 Å². The number of sulfonamides is 1. The number of anilines is 1. The molecule has 1 aliphatic carbocycles. The van der Waals surface area contributed by atoms with E-state index in [-0.39, 0.29) is 29.5 Å². The SMILES string of the molecule is CCCCS(=O)(=O)N1C[C@H]2CC[C@H]1[C@H](C(=O)Nc1ccc(Cc3ccccc3)cc1)C2. The molecule has 1 N–H and O–H groups in total. The predicted octanol–water partition coefficient (Wildman–Crippen LogP) is 4.45. The normalized spacial score (nSPS) is 23.6. The Labute approximate surface area is 185 Å². The van der Waals surface area contributed by atoms with Crippen LogP contribution >= 0.6 is 0 Å². The summed E-state index contributed by atoms with van der Waals surface area (Å²) in [5, 5.41) is 3.04. The van der Waals surface area contributed by atoms with Crippen molar-refractivity contribution < 1.29 is 13.2 Å². The number of rotatable bonds is 8. The largest absolute Gasteiger partial charge is 0.326 e. The van der Waals surface area contributed by atoms with Crippen LogP contribution < -0.4 is 5.32 Å². The number of carbonyl (C=O) groups is 1. The molecular weight excluding hydrogens is 408 g/mol. The van der Waals surface area contributed by atoms with Gasteiger partial charge in [-0.15, -0.1) is 0 Å². The van der Waals surface area contributed by atoms with Gasteiger partial charge in [-0.3, -0.25) is 4.79 Å². The van der Waals surface area contributed by atoms with Crippen molar-refractivity contribution in [2.75, 3.05) is 17.6 Å². The molecule has 2 bridgehead atoms. The van der Waals surface area contributed by atoms with Gasteiger partial charge in [0.25, 0.3) is 0 Å². The fourth-order valence-electron chi connectivity index (χ4n) is 4.96. The Kier molecular flexibility index (Phi) is 6.77. The Morgan fingerprint density at radius 2 is 1.74 bits per heavy atom. The van der Waals surface area contributed by atoms with Gasteiger partial charge in [0, 0.05) is 18.3 Å². The number of hydrogen-bond donors (Lipinski definition) is 1. The van der Waals surface area contributed by atoms with Gasteiger partial charge in [-0.2, -0.15) is 4.31 Å². The first-order valence-electron chi connectivity index (χ1n) is 11.4. The van der Waals surface area contributed by atoms with Crippen molar-refractivity contribution in [1.29, 1.82) is 0 Å².